The van der Waals surface area contributed by atoms with Crippen LogP contribution in [0.5, 0.6) is 0 Å². The second-order valence-electron chi connectivity index (χ2n) is 6.90. The first-order chi connectivity index (χ1) is 13.8. The van der Waals surface area contributed by atoms with Crippen molar-refractivity contribution in [3.63, 3.8) is 0 Å². The second kappa shape index (κ2) is 8.92. The fraction of sp³-hybridized carbons (Fsp3) is 0.227. The van der Waals surface area contributed by atoms with Crippen molar-refractivity contribution in [3.05, 3.63) is 70.9 Å². The number of hydrogen-bond donors (Lipinski definition) is 0. The Morgan fingerprint density at radius 3 is 2.41 bits per heavy atom. The van der Waals surface area contributed by atoms with Crippen LogP contribution in [0.15, 0.2) is 54.6 Å². The van der Waals surface area contributed by atoms with Crippen molar-refractivity contribution in [3.8, 4) is 0 Å². The molecular weight excluding hydrogens is 390 g/mol. The van der Waals surface area contributed by atoms with Crippen molar-refractivity contribution < 1.29 is 14.3 Å². The summed E-state index contributed by atoms with van der Waals surface area (Å²) in [5.74, 6) is -0.901. The molecule has 0 spiro atoms. The number of rotatable bonds is 6. The van der Waals surface area contributed by atoms with E-state index in [9.17, 15) is 9.59 Å². The predicted octanol–water partition coefficient (Wildman–Crippen LogP) is 3.77. The van der Waals surface area contributed by atoms with Gasteiger partial charge >= 0.3 is 5.97 Å². The highest BCUT2D eigenvalue weighted by Crippen LogP contribution is 2.21. The number of pyridine rings is 1. The number of fused-ring (bicyclic) bond motifs is 1. The van der Waals surface area contributed by atoms with Crippen LogP contribution < -0.4 is 4.90 Å². The van der Waals surface area contributed by atoms with E-state index in [0.29, 0.717) is 17.4 Å². The third-order valence-corrected chi connectivity index (χ3v) is 4.72. The standard InChI is InChI=1S/C22H22ClN3O3/c1-25(2)16-10-8-15(9-11-16)13-26(3)21(27)14-29-22(28)18-12-20(23)24-19-7-5-4-6-17(18)19/h4-12H,13-14H2,1-3H3. The minimum Gasteiger partial charge on any atom is -0.452 e. The zero-order valence-electron chi connectivity index (χ0n) is 16.6. The van der Waals surface area contributed by atoms with Crippen LogP contribution in [0.25, 0.3) is 10.9 Å². The molecule has 0 unspecified atom stereocenters. The number of aromatic nitrogens is 1. The van der Waals surface area contributed by atoms with Gasteiger partial charge in [0.25, 0.3) is 5.91 Å². The molecule has 0 fully saturated rings. The van der Waals surface area contributed by atoms with E-state index in [2.05, 4.69) is 4.98 Å². The molecular formula is C22H22ClN3O3. The second-order valence-corrected chi connectivity index (χ2v) is 7.28. The molecule has 3 aromatic rings. The first-order valence-electron chi connectivity index (χ1n) is 9.08. The van der Waals surface area contributed by atoms with Crippen molar-refractivity contribution in [1.82, 2.24) is 9.88 Å². The van der Waals surface area contributed by atoms with Crippen molar-refractivity contribution in [1.29, 1.82) is 0 Å². The van der Waals surface area contributed by atoms with E-state index >= 15 is 0 Å². The first-order valence-corrected chi connectivity index (χ1v) is 9.45. The fourth-order valence-electron chi connectivity index (χ4n) is 2.89. The van der Waals surface area contributed by atoms with E-state index in [1.54, 1.807) is 25.2 Å². The Labute approximate surface area is 174 Å². The van der Waals surface area contributed by atoms with Crippen LogP contribution in [0.1, 0.15) is 15.9 Å². The summed E-state index contributed by atoms with van der Waals surface area (Å²) in [7, 11) is 5.62. The SMILES string of the molecule is CN(Cc1ccc(N(C)C)cc1)C(=O)COC(=O)c1cc(Cl)nc2ccccc12. The van der Waals surface area contributed by atoms with Gasteiger partial charge in [-0.3, -0.25) is 4.79 Å². The smallest absolute Gasteiger partial charge is 0.339 e. The van der Waals surface area contributed by atoms with Crippen LogP contribution in [-0.2, 0) is 16.1 Å². The lowest BCUT2D eigenvalue weighted by molar-refractivity contribution is -0.133. The zero-order chi connectivity index (χ0) is 21.0. The lowest BCUT2D eigenvalue weighted by atomic mass is 10.1. The Kier molecular flexibility index (Phi) is 6.34. The Morgan fingerprint density at radius 1 is 1.03 bits per heavy atom. The molecule has 29 heavy (non-hydrogen) atoms. The Hall–Kier alpha value is -3.12. The molecule has 3 rings (SSSR count). The van der Waals surface area contributed by atoms with E-state index < -0.39 is 5.97 Å². The average Bonchev–Trinajstić information content (AvgIpc) is 2.71. The number of benzene rings is 2. The van der Waals surface area contributed by atoms with Crippen LogP contribution >= 0.6 is 11.6 Å². The molecule has 0 aliphatic heterocycles. The van der Waals surface area contributed by atoms with Gasteiger partial charge in [0.2, 0.25) is 0 Å². The van der Waals surface area contributed by atoms with Crippen molar-refractivity contribution in [2.45, 2.75) is 6.54 Å². The molecule has 0 atom stereocenters. The quantitative estimate of drug-likeness (QED) is 0.456. The molecule has 0 saturated carbocycles. The summed E-state index contributed by atoms with van der Waals surface area (Å²) >= 11 is 6.00. The molecule has 0 saturated heterocycles. The third kappa shape index (κ3) is 5.03. The molecule has 1 aromatic heterocycles. The van der Waals surface area contributed by atoms with E-state index in [4.69, 9.17) is 16.3 Å². The van der Waals surface area contributed by atoms with Crippen LogP contribution in [0, 0.1) is 0 Å². The van der Waals surface area contributed by atoms with E-state index in [1.165, 1.54) is 11.0 Å². The van der Waals surface area contributed by atoms with Gasteiger partial charge in [-0.05, 0) is 29.8 Å². The highest BCUT2D eigenvalue weighted by atomic mass is 35.5. The van der Waals surface area contributed by atoms with E-state index in [-0.39, 0.29) is 23.2 Å². The maximum absolute atomic E-state index is 12.5. The number of carbonyl (C=O) groups excluding carboxylic acids is 2. The van der Waals surface area contributed by atoms with Crippen LogP contribution in [-0.4, -0.2) is 49.5 Å². The average molecular weight is 412 g/mol. The van der Waals surface area contributed by atoms with Crippen molar-refractivity contribution in [2.75, 3.05) is 32.6 Å². The highest BCUT2D eigenvalue weighted by molar-refractivity contribution is 6.30. The third-order valence-electron chi connectivity index (χ3n) is 4.53. The van der Waals surface area contributed by atoms with Gasteiger partial charge in [-0.2, -0.15) is 0 Å². The fourth-order valence-corrected chi connectivity index (χ4v) is 3.09. The van der Waals surface area contributed by atoms with Crippen LogP contribution in [0.3, 0.4) is 0 Å². The lowest BCUT2D eigenvalue weighted by Crippen LogP contribution is -2.30. The number of halogens is 1. The number of para-hydroxylation sites is 1. The van der Waals surface area contributed by atoms with Gasteiger partial charge < -0.3 is 14.5 Å². The minimum atomic E-state index is -0.609. The highest BCUT2D eigenvalue weighted by Gasteiger charge is 2.17. The maximum atomic E-state index is 12.5. The number of hydrogen-bond acceptors (Lipinski definition) is 5. The van der Waals surface area contributed by atoms with Gasteiger partial charge in [0.05, 0.1) is 11.1 Å². The van der Waals surface area contributed by atoms with Gasteiger partial charge in [0, 0.05) is 38.8 Å². The number of amides is 1. The molecule has 1 heterocycles. The Morgan fingerprint density at radius 2 is 1.72 bits per heavy atom. The molecule has 2 aromatic carbocycles. The normalized spacial score (nSPS) is 10.6. The molecule has 7 heteroatoms. The lowest BCUT2D eigenvalue weighted by Gasteiger charge is -2.18. The summed E-state index contributed by atoms with van der Waals surface area (Å²) in [4.78, 5) is 32.6. The van der Waals surface area contributed by atoms with Gasteiger partial charge in [-0.15, -0.1) is 0 Å². The topological polar surface area (TPSA) is 62.7 Å². The Balaban J connectivity index is 1.62. The van der Waals surface area contributed by atoms with Crippen molar-refractivity contribution in [2.24, 2.45) is 0 Å². The largest absolute Gasteiger partial charge is 0.452 e. The number of carbonyl (C=O) groups is 2. The molecule has 150 valence electrons. The molecule has 6 nitrogen and oxygen atoms in total. The van der Waals surface area contributed by atoms with E-state index in [1.807, 2.05) is 49.3 Å². The monoisotopic (exact) mass is 411 g/mol. The zero-order valence-corrected chi connectivity index (χ0v) is 17.3. The summed E-state index contributed by atoms with van der Waals surface area (Å²) in [6.45, 7) is 0.0769. The molecule has 1 amide bonds. The molecule has 0 bridgehead atoms. The summed E-state index contributed by atoms with van der Waals surface area (Å²) in [6, 6.07) is 16.5. The summed E-state index contributed by atoms with van der Waals surface area (Å²) in [6.07, 6.45) is 0. The summed E-state index contributed by atoms with van der Waals surface area (Å²) in [5.41, 5.74) is 2.96. The van der Waals surface area contributed by atoms with Gasteiger partial charge in [0.1, 0.15) is 5.15 Å². The number of esters is 1. The number of likely N-dealkylation sites (N-methyl/N-ethyl adjacent to an activating group) is 1. The molecule has 0 aliphatic rings. The Bertz CT molecular complexity index is 1040. The number of anilines is 1. The van der Waals surface area contributed by atoms with Crippen LogP contribution in [0.2, 0.25) is 5.15 Å². The molecule has 0 radical (unpaired) electrons. The predicted molar refractivity (Wildman–Crippen MR) is 114 cm³/mol. The number of nitrogens with zero attached hydrogens (tertiary/aromatic N) is 3. The summed E-state index contributed by atoms with van der Waals surface area (Å²) < 4.78 is 5.24. The molecule has 0 aliphatic carbocycles. The van der Waals surface area contributed by atoms with Gasteiger partial charge in [-0.1, -0.05) is 41.9 Å². The number of ether oxygens (including phenoxy) is 1. The molecule has 0 N–H and O–H groups in total. The van der Waals surface area contributed by atoms with Crippen LogP contribution in [0.4, 0.5) is 5.69 Å². The maximum Gasteiger partial charge on any atom is 0.339 e. The first kappa shape index (κ1) is 20.6. The van der Waals surface area contributed by atoms with Crippen molar-refractivity contribution >= 4 is 40.1 Å². The van der Waals surface area contributed by atoms with Gasteiger partial charge in [0.15, 0.2) is 6.61 Å². The van der Waals surface area contributed by atoms with E-state index in [0.717, 1.165) is 11.3 Å². The summed E-state index contributed by atoms with van der Waals surface area (Å²) in [5, 5.41) is 0.823. The minimum absolute atomic E-state index is 0.195. The van der Waals surface area contributed by atoms with Gasteiger partial charge in [-0.25, -0.2) is 9.78 Å².